The van der Waals surface area contributed by atoms with Crippen LogP contribution in [0.1, 0.15) is 58.7 Å². The Labute approximate surface area is 254 Å². The van der Waals surface area contributed by atoms with Gasteiger partial charge in [-0.15, -0.1) is 0 Å². The van der Waals surface area contributed by atoms with E-state index in [1.807, 2.05) is 45.0 Å². The van der Waals surface area contributed by atoms with Gasteiger partial charge in [0.2, 0.25) is 0 Å². The summed E-state index contributed by atoms with van der Waals surface area (Å²) in [6, 6.07) is 16.0. The number of aromatic nitrogens is 2. The molecule has 1 aromatic carbocycles. The predicted octanol–water partition coefficient (Wildman–Crippen LogP) is 3.17. The number of carboxylic acid groups (broad SMARTS) is 4. The molecule has 0 amide bonds. The quantitative estimate of drug-likeness (QED) is 0.160. The predicted molar refractivity (Wildman–Crippen MR) is 161 cm³/mol. The van der Waals surface area contributed by atoms with Gasteiger partial charge in [-0.1, -0.05) is 24.3 Å². The zero-order valence-corrected chi connectivity index (χ0v) is 24.8. The molecule has 0 aliphatic carbocycles. The van der Waals surface area contributed by atoms with Gasteiger partial charge in [-0.3, -0.25) is 19.4 Å². The third-order valence-electron chi connectivity index (χ3n) is 6.43. The van der Waals surface area contributed by atoms with E-state index in [0.29, 0.717) is 17.8 Å². The van der Waals surface area contributed by atoms with Gasteiger partial charge in [0.1, 0.15) is 11.4 Å². The number of aromatic carboxylic acids is 2. The SMILES string of the molecule is CC(C)(C)Nc1ccc(C[C@@H](CN(CC(=O)O)Cc2cccc(C(=O)O)n2)N(CC(=O)O)Cc2cccc(C(=O)O)n2)cc1. The van der Waals surface area contributed by atoms with Crippen molar-refractivity contribution >= 4 is 29.6 Å². The molecule has 2 heterocycles. The van der Waals surface area contributed by atoms with Gasteiger partial charge in [-0.2, -0.15) is 0 Å². The van der Waals surface area contributed by atoms with E-state index >= 15 is 0 Å². The molecule has 0 aliphatic heterocycles. The number of carboxylic acids is 4. The van der Waals surface area contributed by atoms with Gasteiger partial charge in [0.05, 0.1) is 24.5 Å². The molecule has 0 fully saturated rings. The van der Waals surface area contributed by atoms with Crippen molar-refractivity contribution in [2.75, 3.05) is 25.0 Å². The lowest BCUT2D eigenvalue weighted by atomic mass is 10.0. The summed E-state index contributed by atoms with van der Waals surface area (Å²) in [5, 5.41) is 41.7. The molecule has 0 radical (unpaired) electrons. The van der Waals surface area contributed by atoms with Crippen LogP contribution in [0.5, 0.6) is 0 Å². The topological polar surface area (TPSA) is 193 Å². The van der Waals surface area contributed by atoms with Crippen molar-refractivity contribution in [1.82, 2.24) is 19.8 Å². The van der Waals surface area contributed by atoms with E-state index < -0.39 is 43.0 Å². The maximum atomic E-state index is 12.0. The molecule has 13 heteroatoms. The molecule has 234 valence electrons. The second-order valence-electron chi connectivity index (χ2n) is 11.4. The lowest BCUT2D eigenvalue weighted by molar-refractivity contribution is -0.141. The third kappa shape index (κ3) is 11.1. The minimum atomic E-state index is -1.22. The molecule has 44 heavy (non-hydrogen) atoms. The molecule has 3 rings (SSSR count). The highest BCUT2D eigenvalue weighted by molar-refractivity contribution is 5.85. The summed E-state index contributed by atoms with van der Waals surface area (Å²) in [6.07, 6.45) is 0.320. The molecule has 0 saturated heterocycles. The second kappa shape index (κ2) is 15.0. The van der Waals surface area contributed by atoms with Crippen molar-refractivity contribution in [2.24, 2.45) is 0 Å². The monoisotopic (exact) mass is 607 g/mol. The van der Waals surface area contributed by atoms with E-state index in [1.165, 1.54) is 24.3 Å². The summed E-state index contributed by atoms with van der Waals surface area (Å²) < 4.78 is 0. The van der Waals surface area contributed by atoms with E-state index in [4.69, 9.17) is 0 Å². The summed E-state index contributed by atoms with van der Waals surface area (Å²) >= 11 is 0. The highest BCUT2D eigenvalue weighted by atomic mass is 16.4. The molecule has 5 N–H and O–H groups in total. The summed E-state index contributed by atoms with van der Waals surface area (Å²) in [7, 11) is 0. The third-order valence-corrected chi connectivity index (χ3v) is 6.43. The number of anilines is 1. The lowest BCUT2D eigenvalue weighted by Crippen LogP contribution is -2.48. The Morgan fingerprint density at radius 1 is 0.750 bits per heavy atom. The lowest BCUT2D eigenvalue weighted by Gasteiger charge is -2.34. The first-order chi connectivity index (χ1) is 20.7. The van der Waals surface area contributed by atoms with E-state index in [0.717, 1.165) is 11.3 Å². The maximum absolute atomic E-state index is 12.0. The van der Waals surface area contributed by atoms with Crippen LogP contribution in [0, 0.1) is 0 Å². The summed E-state index contributed by atoms with van der Waals surface area (Å²) in [6.45, 7) is 5.30. The van der Waals surface area contributed by atoms with Crippen molar-refractivity contribution in [1.29, 1.82) is 0 Å². The first kappa shape index (κ1) is 33.6. The van der Waals surface area contributed by atoms with Gasteiger partial charge >= 0.3 is 23.9 Å². The molecule has 1 atom stereocenters. The molecular formula is C31H37N5O8. The molecule has 13 nitrogen and oxygen atoms in total. The fourth-order valence-corrected chi connectivity index (χ4v) is 4.71. The zero-order chi connectivity index (χ0) is 32.4. The van der Waals surface area contributed by atoms with Crippen LogP contribution >= 0.6 is 0 Å². The van der Waals surface area contributed by atoms with Crippen LogP contribution in [-0.2, 0) is 29.1 Å². The molecule has 3 aromatic rings. The van der Waals surface area contributed by atoms with E-state index in [1.54, 1.807) is 21.9 Å². The molecule has 0 saturated carbocycles. The Hall–Kier alpha value is -4.88. The van der Waals surface area contributed by atoms with Gasteiger partial charge in [-0.25, -0.2) is 19.6 Å². The number of hydrogen-bond acceptors (Lipinski definition) is 9. The minimum absolute atomic E-state index is 0.00792. The molecule has 0 bridgehead atoms. The Bertz CT molecular complexity index is 1470. The smallest absolute Gasteiger partial charge is 0.354 e. The number of pyridine rings is 2. The number of nitrogens with one attached hydrogen (secondary N) is 1. The van der Waals surface area contributed by atoms with Crippen molar-refractivity contribution in [2.45, 2.75) is 51.9 Å². The summed E-state index contributed by atoms with van der Waals surface area (Å²) in [5.74, 6) is -4.70. The van der Waals surface area contributed by atoms with Crippen molar-refractivity contribution in [3.8, 4) is 0 Å². The highest BCUT2D eigenvalue weighted by Gasteiger charge is 2.26. The number of carbonyl (C=O) groups is 4. The standard InChI is InChI=1S/C31H37N5O8/c1-31(2,3)34-21-12-10-20(11-13-21)14-24(36(19-28(39)40)16-23-7-5-9-26(33-23)30(43)44)17-35(18-27(37)38)15-22-6-4-8-25(32-22)29(41)42/h4-13,24,34H,14-19H2,1-3H3,(H,37,38)(H,39,40)(H,41,42)(H,43,44)/t24-/m0/s1. The summed E-state index contributed by atoms with van der Waals surface area (Å²) in [4.78, 5) is 58.3. The molecular weight excluding hydrogens is 570 g/mol. The van der Waals surface area contributed by atoms with Crippen molar-refractivity contribution in [3.05, 3.63) is 89.0 Å². The number of nitrogens with zero attached hydrogens (tertiary/aromatic N) is 4. The normalized spacial score (nSPS) is 12.2. The first-order valence-corrected chi connectivity index (χ1v) is 13.8. The number of aliphatic carboxylic acids is 2. The van der Waals surface area contributed by atoms with Crippen molar-refractivity contribution < 1.29 is 39.6 Å². The largest absolute Gasteiger partial charge is 0.480 e. The minimum Gasteiger partial charge on any atom is -0.480 e. The number of rotatable bonds is 16. The Kier molecular flexibility index (Phi) is 11.5. The van der Waals surface area contributed by atoms with Gasteiger partial charge in [0, 0.05) is 36.9 Å². The van der Waals surface area contributed by atoms with Crippen molar-refractivity contribution in [3.63, 3.8) is 0 Å². The summed E-state index contributed by atoms with van der Waals surface area (Å²) in [5.41, 5.74) is 1.89. The van der Waals surface area contributed by atoms with Gasteiger partial charge in [-0.05, 0) is 69.2 Å². The van der Waals surface area contributed by atoms with E-state index in [2.05, 4.69) is 15.3 Å². The van der Waals surface area contributed by atoms with Gasteiger partial charge < -0.3 is 25.7 Å². The van der Waals surface area contributed by atoms with E-state index in [9.17, 15) is 39.6 Å². The van der Waals surface area contributed by atoms with Gasteiger partial charge in [0.25, 0.3) is 0 Å². The second-order valence-corrected chi connectivity index (χ2v) is 11.4. The average molecular weight is 608 g/mol. The fraction of sp³-hybridized carbons (Fsp3) is 0.355. The number of benzene rings is 1. The van der Waals surface area contributed by atoms with Crippen LogP contribution in [0.2, 0.25) is 0 Å². The molecule has 2 aromatic heterocycles. The van der Waals surface area contributed by atoms with Crippen LogP contribution < -0.4 is 5.32 Å². The number of hydrogen-bond donors (Lipinski definition) is 5. The van der Waals surface area contributed by atoms with Crippen LogP contribution in [0.4, 0.5) is 5.69 Å². The highest BCUT2D eigenvalue weighted by Crippen LogP contribution is 2.20. The molecule has 0 unspecified atom stereocenters. The van der Waals surface area contributed by atoms with E-state index in [-0.39, 0.29) is 36.6 Å². The fourth-order valence-electron chi connectivity index (χ4n) is 4.71. The van der Waals surface area contributed by atoms with Crippen LogP contribution in [0.25, 0.3) is 0 Å². The molecule has 0 aliphatic rings. The zero-order valence-electron chi connectivity index (χ0n) is 24.8. The Morgan fingerprint density at radius 2 is 1.27 bits per heavy atom. The van der Waals surface area contributed by atoms with Crippen LogP contribution in [0.15, 0.2) is 60.7 Å². The van der Waals surface area contributed by atoms with Crippen LogP contribution in [-0.4, -0.2) is 95.3 Å². The average Bonchev–Trinajstić information content (AvgIpc) is 2.92. The Morgan fingerprint density at radius 3 is 1.75 bits per heavy atom. The Balaban J connectivity index is 1.99. The first-order valence-electron chi connectivity index (χ1n) is 13.8. The van der Waals surface area contributed by atoms with Crippen LogP contribution in [0.3, 0.4) is 0 Å². The maximum Gasteiger partial charge on any atom is 0.354 e. The van der Waals surface area contributed by atoms with Gasteiger partial charge in [0.15, 0.2) is 0 Å². The molecule has 0 spiro atoms.